The molecule has 104 valence electrons. The summed E-state index contributed by atoms with van der Waals surface area (Å²) in [6, 6.07) is 2.05. The van der Waals surface area contributed by atoms with E-state index in [4.69, 9.17) is 11.6 Å². The number of pyridine rings is 1. The summed E-state index contributed by atoms with van der Waals surface area (Å²) in [7, 11) is 0. The molecular formula is C14H8ClN3O3. The van der Waals surface area contributed by atoms with E-state index in [0.717, 1.165) is 0 Å². The largest absolute Gasteiger partial charge is 0.512 e. The van der Waals surface area contributed by atoms with Gasteiger partial charge in [-0.3, -0.25) is 10.1 Å². The second-order valence-corrected chi connectivity index (χ2v) is 5.05. The lowest BCUT2D eigenvalue weighted by molar-refractivity contribution is -0.427. The van der Waals surface area contributed by atoms with Crippen LogP contribution in [0.4, 0.5) is 0 Å². The summed E-state index contributed by atoms with van der Waals surface area (Å²) in [6.45, 7) is 0. The molecule has 0 aromatic carbocycles. The van der Waals surface area contributed by atoms with Gasteiger partial charge in [0.1, 0.15) is 6.07 Å². The summed E-state index contributed by atoms with van der Waals surface area (Å²) in [5, 5.41) is 29.9. The molecule has 2 aliphatic rings. The zero-order valence-corrected chi connectivity index (χ0v) is 11.3. The molecule has 1 N–H and O–H groups in total. The number of halogens is 1. The van der Waals surface area contributed by atoms with E-state index in [2.05, 4.69) is 11.1 Å². The maximum atomic E-state index is 11.0. The average Bonchev–Trinajstić information content (AvgIpc) is 2.44. The van der Waals surface area contributed by atoms with Crippen molar-refractivity contribution in [3.63, 3.8) is 0 Å². The molecule has 0 amide bonds. The van der Waals surface area contributed by atoms with Gasteiger partial charge in [-0.25, -0.2) is 4.98 Å². The Morgan fingerprint density at radius 2 is 2.29 bits per heavy atom. The summed E-state index contributed by atoms with van der Waals surface area (Å²) >= 11 is 6.16. The second kappa shape index (κ2) is 4.72. The number of aliphatic hydroxyl groups is 1. The van der Waals surface area contributed by atoms with Crippen molar-refractivity contribution in [2.24, 2.45) is 0 Å². The van der Waals surface area contributed by atoms with E-state index in [-0.39, 0.29) is 23.4 Å². The van der Waals surface area contributed by atoms with Gasteiger partial charge < -0.3 is 5.11 Å². The van der Waals surface area contributed by atoms with Crippen molar-refractivity contribution in [2.75, 3.05) is 0 Å². The lowest BCUT2D eigenvalue weighted by Gasteiger charge is -2.16. The van der Waals surface area contributed by atoms with Crippen molar-refractivity contribution in [2.45, 2.75) is 11.8 Å². The van der Waals surface area contributed by atoms with Gasteiger partial charge in [-0.15, -0.1) is 11.6 Å². The molecule has 0 fully saturated rings. The van der Waals surface area contributed by atoms with Gasteiger partial charge in [-0.2, -0.15) is 5.26 Å². The van der Waals surface area contributed by atoms with Gasteiger partial charge in [0.05, 0.1) is 27.3 Å². The highest BCUT2D eigenvalue weighted by atomic mass is 35.5. The summed E-state index contributed by atoms with van der Waals surface area (Å²) in [4.78, 5) is 14.8. The number of fused-ring (bicyclic) bond motifs is 2. The van der Waals surface area contributed by atoms with Crippen LogP contribution in [0.15, 0.2) is 17.5 Å². The van der Waals surface area contributed by atoms with Crippen LogP contribution < -0.4 is 10.6 Å². The van der Waals surface area contributed by atoms with E-state index in [9.17, 15) is 20.5 Å². The zero-order valence-electron chi connectivity index (χ0n) is 10.6. The average molecular weight is 302 g/mol. The fourth-order valence-corrected chi connectivity index (χ4v) is 2.82. The van der Waals surface area contributed by atoms with Crippen LogP contribution in [-0.4, -0.2) is 15.0 Å². The Morgan fingerprint density at radius 3 is 2.95 bits per heavy atom. The monoisotopic (exact) mass is 301 g/mol. The number of aliphatic hydroxyl groups excluding tert-OH is 1. The van der Waals surface area contributed by atoms with Crippen molar-refractivity contribution in [1.29, 1.82) is 5.26 Å². The standard InChI is InChI=1S/C14H8ClN3O3/c15-14-12(18(20)21)4-3-10-13(14)9(6-16)8-2-1-7(19)5-11(8)17-10/h2-5,14,19H,1H2. The van der Waals surface area contributed by atoms with Crippen LogP contribution in [0.1, 0.15) is 28.6 Å². The van der Waals surface area contributed by atoms with Gasteiger partial charge in [0.2, 0.25) is 0 Å². The molecule has 1 aromatic heterocycles. The number of nitro groups is 1. The molecule has 1 unspecified atom stereocenters. The van der Waals surface area contributed by atoms with E-state index >= 15 is 0 Å². The van der Waals surface area contributed by atoms with E-state index in [1.54, 1.807) is 6.08 Å². The predicted octanol–water partition coefficient (Wildman–Crippen LogP) is 1.27. The molecule has 1 aromatic rings. The lowest BCUT2D eigenvalue weighted by Crippen LogP contribution is -2.31. The first-order chi connectivity index (χ1) is 10.0. The third kappa shape index (κ3) is 1.99. The Balaban J connectivity index is 2.39. The molecule has 0 saturated heterocycles. The second-order valence-electron chi connectivity index (χ2n) is 4.62. The molecule has 0 spiro atoms. The first kappa shape index (κ1) is 13.3. The molecular weight excluding hydrogens is 294 g/mol. The third-order valence-electron chi connectivity index (χ3n) is 3.40. The van der Waals surface area contributed by atoms with Gasteiger partial charge in [0.15, 0.2) is 5.38 Å². The molecule has 0 radical (unpaired) electrons. The van der Waals surface area contributed by atoms with Crippen LogP contribution in [0, 0.1) is 21.4 Å². The van der Waals surface area contributed by atoms with Crippen LogP contribution >= 0.6 is 11.6 Å². The van der Waals surface area contributed by atoms with Crippen molar-refractivity contribution >= 4 is 29.8 Å². The maximum Gasteiger partial charge on any atom is 0.268 e. The van der Waals surface area contributed by atoms with Crippen LogP contribution in [0.25, 0.3) is 18.2 Å². The Hall–Kier alpha value is -2.65. The van der Waals surface area contributed by atoms with Crippen LogP contribution in [0.3, 0.4) is 0 Å². The van der Waals surface area contributed by atoms with Crippen molar-refractivity contribution in [3.8, 4) is 6.07 Å². The van der Waals surface area contributed by atoms with Crippen LogP contribution in [0.5, 0.6) is 0 Å². The van der Waals surface area contributed by atoms with E-state index in [0.29, 0.717) is 21.8 Å². The summed E-state index contributed by atoms with van der Waals surface area (Å²) in [5.74, 6) is 0.151. The molecule has 0 bridgehead atoms. The molecule has 0 aliphatic heterocycles. The zero-order chi connectivity index (χ0) is 15.1. The Bertz CT molecular complexity index is 894. The fraction of sp³-hybridized carbons (Fsp3) is 0.143. The van der Waals surface area contributed by atoms with E-state index < -0.39 is 10.3 Å². The number of allylic oxidation sites excluding steroid dienone is 3. The van der Waals surface area contributed by atoms with E-state index in [1.807, 2.05) is 0 Å². The number of alkyl halides is 1. The topological polar surface area (TPSA) is 100 Å². The molecule has 6 nitrogen and oxygen atoms in total. The minimum absolute atomic E-state index is 0.151. The number of nitriles is 1. The molecule has 2 aliphatic carbocycles. The minimum atomic E-state index is -1.03. The Labute approximate surface area is 123 Å². The molecule has 0 saturated carbocycles. The maximum absolute atomic E-state index is 11.0. The van der Waals surface area contributed by atoms with Gasteiger partial charge >= 0.3 is 0 Å². The molecule has 3 rings (SSSR count). The van der Waals surface area contributed by atoms with Crippen molar-refractivity contribution < 1.29 is 10.0 Å². The highest BCUT2D eigenvalue weighted by molar-refractivity contribution is 6.22. The first-order valence-corrected chi connectivity index (χ1v) is 6.50. The van der Waals surface area contributed by atoms with Crippen LogP contribution in [0.2, 0.25) is 0 Å². The highest BCUT2D eigenvalue weighted by Gasteiger charge is 2.31. The molecule has 1 atom stereocenters. The SMILES string of the molecule is N#Cc1c2c(nc3c1=CCC(O)=C3)=CC=C([N+](=O)[O-])C2Cl. The summed E-state index contributed by atoms with van der Waals surface area (Å²) in [5.41, 5.74) is 0.893. The quantitative estimate of drug-likeness (QED) is 0.478. The number of hydrogen-bond acceptors (Lipinski definition) is 5. The number of nitrogens with zero attached hydrogens (tertiary/aromatic N) is 3. The smallest absolute Gasteiger partial charge is 0.268 e. The van der Waals surface area contributed by atoms with Gasteiger partial charge in [0.25, 0.3) is 5.70 Å². The number of hydrogen-bond donors (Lipinski definition) is 1. The van der Waals surface area contributed by atoms with Gasteiger partial charge in [-0.1, -0.05) is 6.08 Å². The molecule has 21 heavy (non-hydrogen) atoms. The highest BCUT2D eigenvalue weighted by Crippen LogP contribution is 2.30. The number of rotatable bonds is 1. The first-order valence-electron chi connectivity index (χ1n) is 6.07. The van der Waals surface area contributed by atoms with Gasteiger partial charge in [-0.05, 0) is 6.08 Å². The molecule has 1 heterocycles. The van der Waals surface area contributed by atoms with E-state index in [1.165, 1.54) is 18.2 Å². The molecule has 7 heteroatoms. The van der Waals surface area contributed by atoms with Crippen LogP contribution in [-0.2, 0) is 0 Å². The lowest BCUT2D eigenvalue weighted by atomic mass is 9.95. The fourth-order valence-electron chi connectivity index (χ4n) is 2.45. The van der Waals surface area contributed by atoms with Crippen molar-refractivity contribution in [3.05, 3.63) is 55.0 Å². The summed E-state index contributed by atoms with van der Waals surface area (Å²) < 4.78 is 0. The van der Waals surface area contributed by atoms with Crippen molar-refractivity contribution in [1.82, 2.24) is 4.98 Å². The van der Waals surface area contributed by atoms with Gasteiger partial charge in [0, 0.05) is 29.4 Å². The Kier molecular flexibility index (Phi) is 3.00. The third-order valence-corrected chi connectivity index (χ3v) is 3.84. The number of aromatic nitrogens is 1. The minimum Gasteiger partial charge on any atom is -0.512 e. The predicted molar refractivity (Wildman–Crippen MR) is 76.0 cm³/mol. The summed E-state index contributed by atoms with van der Waals surface area (Å²) in [6.07, 6.45) is 6.20. The Morgan fingerprint density at radius 1 is 1.52 bits per heavy atom. The normalized spacial score (nSPS) is 19.0.